The Morgan fingerprint density at radius 3 is 2.47 bits per heavy atom. The van der Waals surface area contributed by atoms with E-state index in [1.807, 2.05) is 13.0 Å². The van der Waals surface area contributed by atoms with Gasteiger partial charge in [-0.15, -0.1) is 0 Å². The molecule has 0 saturated carbocycles. The first-order chi connectivity index (χ1) is 9.11. The molecule has 0 aliphatic carbocycles. The molecule has 1 atom stereocenters. The molecule has 0 amide bonds. The van der Waals surface area contributed by atoms with Gasteiger partial charge in [-0.3, -0.25) is 0 Å². The molecular weight excluding hydrogens is 261 g/mol. The van der Waals surface area contributed by atoms with Crippen LogP contribution in [-0.4, -0.2) is 6.54 Å². The van der Waals surface area contributed by atoms with Gasteiger partial charge in [-0.25, -0.2) is 4.39 Å². The lowest BCUT2D eigenvalue weighted by Gasteiger charge is -2.16. The first kappa shape index (κ1) is 14.0. The van der Waals surface area contributed by atoms with Gasteiger partial charge in [0.05, 0.1) is 5.02 Å². The predicted octanol–water partition coefficient (Wildman–Crippen LogP) is 4.07. The summed E-state index contributed by atoms with van der Waals surface area (Å²) in [5.74, 6) is -0.223. The molecule has 2 rings (SSSR count). The molecule has 0 aliphatic heterocycles. The lowest BCUT2D eigenvalue weighted by molar-refractivity contribution is 0.621. The number of rotatable bonds is 4. The van der Waals surface area contributed by atoms with Crippen LogP contribution in [0.4, 0.5) is 4.39 Å². The van der Waals surface area contributed by atoms with E-state index in [0.29, 0.717) is 13.0 Å². The highest BCUT2D eigenvalue weighted by Crippen LogP contribution is 2.26. The zero-order valence-electron chi connectivity index (χ0n) is 10.9. The largest absolute Gasteiger partial charge is 0.330 e. The van der Waals surface area contributed by atoms with Gasteiger partial charge in [-0.1, -0.05) is 53.6 Å². The molecule has 0 aliphatic rings. The van der Waals surface area contributed by atoms with Crippen molar-refractivity contribution in [1.29, 1.82) is 0 Å². The predicted molar refractivity (Wildman–Crippen MR) is 78.1 cm³/mol. The molecule has 0 fully saturated rings. The second kappa shape index (κ2) is 6.18. The molecule has 0 aromatic heterocycles. The van der Waals surface area contributed by atoms with E-state index in [-0.39, 0.29) is 16.8 Å². The van der Waals surface area contributed by atoms with Gasteiger partial charge in [0.25, 0.3) is 0 Å². The van der Waals surface area contributed by atoms with Crippen LogP contribution in [0.5, 0.6) is 0 Å². The van der Waals surface area contributed by atoms with Crippen LogP contribution in [0.2, 0.25) is 5.02 Å². The molecule has 0 heterocycles. The Kier molecular flexibility index (Phi) is 4.56. The van der Waals surface area contributed by atoms with E-state index in [1.165, 1.54) is 11.6 Å². The molecule has 0 spiro atoms. The van der Waals surface area contributed by atoms with Gasteiger partial charge >= 0.3 is 0 Å². The second-order valence-electron chi connectivity index (χ2n) is 4.76. The quantitative estimate of drug-likeness (QED) is 0.896. The van der Waals surface area contributed by atoms with Crippen LogP contribution < -0.4 is 5.73 Å². The molecule has 2 N–H and O–H groups in total. The molecule has 2 aromatic rings. The fraction of sp³-hybridized carbons (Fsp3) is 0.250. The van der Waals surface area contributed by atoms with Gasteiger partial charge in [0.15, 0.2) is 0 Å². The third kappa shape index (κ3) is 3.34. The van der Waals surface area contributed by atoms with Crippen LogP contribution in [-0.2, 0) is 6.42 Å². The molecule has 2 aromatic carbocycles. The molecular formula is C16H17ClFN. The maximum absolute atomic E-state index is 13.4. The number of benzene rings is 2. The minimum atomic E-state index is -0.376. The number of nitrogens with two attached hydrogens (primary N) is 1. The topological polar surface area (TPSA) is 26.0 Å². The highest BCUT2D eigenvalue weighted by molar-refractivity contribution is 6.31. The first-order valence-corrected chi connectivity index (χ1v) is 6.69. The van der Waals surface area contributed by atoms with Crippen LogP contribution in [0.15, 0.2) is 42.5 Å². The summed E-state index contributed by atoms with van der Waals surface area (Å²) in [4.78, 5) is 0. The van der Waals surface area contributed by atoms with E-state index in [1.54, 1.807) is 6.07 Å². The Morgan fingerprint density at radius 2 is 1.84 bits per heavy atom. The summed E-state index contributed by atoms with van der Waals surface area (Å²) in [5.41, 5.74) is 9.02. The van der Waals surface area contributed by atoms with E-state index in [0.717, 1.165) is 11.1 Å². The molecule has 100 valence electrons. The first-order valence-electron chi connectivity index (χ1n) is 6.31. The van der Waals surface area contributed by atoms with Crippen molar-refractivity contribution in [3.8, 4) is 0 Å². The van der Waals surface area contributed by atoms with Crippen molar-refractivity contribution >= 4 is 11.6 Å². The van der Waals surface area contributed by atoms with Crippen molar-refractivity contribution in [3.63, 3.8) is 0 Å². The Bertz CT molecular complexity index is 551. The van der Waals surface area contributed by atoms with Gasteiger partial charge in [0.1, 0.15) is 5.82 Å². The molecule has 1 unspecified atom stereocenters. The van der Waals surface area contributed by atoms with Crippen LogP contribution in [0, 0.1) is 12.7 Å². The minimum Gasteiger partial charge on any atom is -0.330 e. The van der Waals surface area contributed by atoms with Crippen molar-refractivity contribution < 1.29 is 4.39 Å². The fourth-order valence-corrected chi connectivity index (χ4v) is 2.35. The normalized spacial score (nSPS) is 12.4. The zero-order chi connectivity index (χ0) is 13.8. The van der Waals surface area contributed by atoms with E-state index < -0.39 is 0 Å². The minimum absolute atomic E-state index is 0.153. The van der Waals surface area contributed by atoms with E-state index in [2.05, 4.69) is 24.3 Å². The Hall–Kier alpha value is -1.38. The maximum Gasteiger partial charge on any atom is 0.142 e. The smallest absolute Gasteiger partial charge is 0.142 e. The van der Waals surface area contributed by atoms with Gasteiger partial charge in [0.2, 0.25) is 0 Å². The Balaban J connectivity index is 2.24. The molecule has 0 saturated heterocycles. The summed E-state index contributed by atoms with van der Waals surface area (Å²) in [5, 5.41) is 0.202. The molecule has 19 heavy (non-hydrogen) atoms. The molecule has 0 bridgehead atoms. The number of aryl methyl sites for hydroxylation is 1. The second-order valence-corrected chi connectivity index (χ2v) is 5.14. The van der Waals surface area contributed by atoms with Crippen molar-refractivity contribution in [2.24, 2.45) is 5.73 Å². The average molecular weight is 278 g/mol. The number of hydrogen-bond donors (Lipinski definition) is 1. The van der Waals surface area contributed by atoms with E-state index in [4.69, 9.17) is 17.3 Å². The molecule has 3 heteroatoms. The summed E-state index contributed by atoms with van der Waals surface area (Å²) in [7, 11) is 0. The van der Waals surface area contributed by atoms with Crippen LogP contribution in [0.3, 0.4) is 0 Å². The number of halogens is 2. The van der Waals surface area contributed by atoms with Gasteiger partial charge in [-0.05, 0) is 37.1 Å². The van der Waals surface area contributed by atoms with Gasteiger partial charge in [0, 0.05) is 5.92 Å². The van der Waals surface area contributed by atoms with E-state index >= 15 is 0 Å². The lowest BCUT2D eigenvalue weighted by Crippen LogP contribution is -2.15. The van der Waals surface area contributed by atoms with Gasteiger partial charge < -0.3 is 5.73 Å². The lowest BCUT2D eigenvalue weighted by atomic mass is 9.91. The maximum atomic E-state index is 13.4. The Labute approximate surface area is 118 Å². The highest BCUT2D eigenvalue weighted by atomic mass is 35.5. The third-order valence-corrected chi connectivity index (χ3v) is 3.75. The van der Waals surface area contributed by atoms with E-state index in [9.17, 15) is 4.39 Å². The summed E-state index contributed by atoms with van der Waals surface area (Å²) >= 11 is 5.99. The SMILES string of the molecule is Cc1ccc(C(CN)Cc2cccc(F)c2Cl)cc1. The van der Waals surface area contributed by atoms with Crippen LogP contribution in [0.1, 0.15) is 22.6 Å². The zero-order valence-corrected chi connectivity index (χ0v) is 11.6. The average Bonchev–Trinajstić information content (AvgIpc) is 2.42. The summed E-state index contributed by atoms with van der Waals surface area (Å²) in [6.07, 6.45) is 0.649. The van der Waals surface area contributed by atoms with Crippen molar-refractivity contribution in [2.75, 3.05) is 6.54 Å². The van der Waals surface area contributed by atoms with Crippen LogP contribution in [0.25, 0.3) is 0 Å². The standard InChI is InChI=1S/C16H17ClFN/c1-11-5-7-12(8-6-11)14(10-19)9-13-3-2-4-15(18)16(13)17/h2-8,14H,9-10,19H2,1H3. The summed E-state index contributed by atoms with van der Waals surface area (Å²) in [6.45, 7) is 2.56. The Morgan fingerprint density at radius 1 is 1.16 bits per heavy atom. The van der Waals surface area contributed by atoms with Crippen molar-refractivity contribution in [2.45, 2.75) is 19.3 Å². The fourth-order valence-electron chi connectivity index (χ4n) is 2.15. The van der Waals surface area contributed by atoms with Gasteiger partial charge in [-0.2, -0.15) is 0 Å². The molecule has 0 radical (unpaired) electrons. The molecule has 1 nitrogen and oxygen atoms in total. The third-order valence-electron chi connectivity index (χ3n) is 3.33. The summed E-state index contributed by atoms with van der Waals surface area (Å²) < 4.78 is 13.4. The highest BCUT2D eigenvalue weighted by Gasteiger charge is 2.14. The summed E-state index contributed by atoms with van der Waals surface area (Å²) in [6, 6.07) is 13.2. The number of hydrogen-bond acceptors (Lipinski definition) is 1. The monoisotopic (exact) mass is 277 g/mol. The van der Waals surface area contributed by atoms with Crippen molar-refractivity contribution in [1.82, 2.24) is 0 Å². The van der Waals surface area contributed by atoms with Crippen LogP contribution >= 0.6 is 11.6 Å². The van der Waals surface area contributed by atoms with Crippen molar-refractivity contribution in [3.05, 3.63) is 70.0 Å².